The number of carbonyl (C=O) groups is 1. The molecule has 3 rings (SSSR count). The zero-order valence-electron chi connectivity index (χ0n) is 14.9. The maximum atomic E-state index is 13.4. The summed E-state index contributed by atoms with van der Waals surface area (Å²) in [4.78, 5) is 26.2. The molecule has 0 fully saturated rings. The number of anilines is 1. The minimum absolute atomic E-state index is 0.0550. The van der Waals surface area contributed by atoms with E-state index in [-0.39, 0.29) is 18.7 Å². The molecule has 0 atom stereocenters. The minimum Gasteiger partial charge on any atom is -0.382 e. The Hall–Kier alpha value is -3.16. The van der Waals surface area contributed by atoms with E-state index in [9.17, 15) is 9.59 Å². The van der Waals surface area contributed by atoms with E-state index in [1.165, 1.54) is 0 Å². The number of benzene rings is 2. The lowest BCUT2D eigenvalue weighted by molar-refractivity contribution is 0.0954. The number of amides is 1. The van der Waals surface area contributed by atoms with Crippen LogP contribution >= 0.6 is 0 Å². The lowest BCUT2D eigenvalue weighted by atomic mass is 10.1. The highest BCUT2D eigenvalue weighted by Gasteiger charge is 2.22. The topological polar surface area (TPSA) is 115 Å². The molecule has 0 aliphatic heterocycles. The Morgan fingerprint density at radius 2 is 1.59 bits per heavy atom. The number of nitrogens with zero attached hydrogens (tertiary/aromatic N) is 1. The standard InChI is InChI=1S/C20H23N5O2/c21-10-12-23-18-15-8-4-5-9-16(15)25(14-6-2-1-3-7-14)20(27)17(18)19(26)24-13-11-22/h1-9,23H,10-13,21-22H2,(H,24,26). The highest BCUT2D eigenvalue weighted by molar-refractivity contribution is 6.07. The Morgan fingerprint density at radius 3 is 2.30 bits per heavy atom. The second kappa shape index (κ2) is 8.48. The lowest BCUT2D eigenvalue weighted by Gasteiger charge is -2.18. The Bertz CT molecular complexity index is 998. The predicted molar refractivity (Wildman–Crippen MR) is 108 cm³/mol. The number of nitrogens with two attached hydrogens (primary N) is 2. The molecule has 1 amide bonds. The quantitative estimate of drug-likeness (QED) is 0.500. The van der Waals surface area contributed by atoms with E-state index in [1.807, 2.05) is 54.6 Å². The van der Waals surface area contributed by atoms with Gasteiger partial charge in [-0.1, -0.05) is 36.4 Å². The number of pyridine rings is 1. The number of carbonyl (C=O) groups excluding carboxylic acids is 1. The maximum absolute atomic E-state index is 13.4. The number of para-hydroxylation sites is 2. The number of hydrogen-bond acceptors (Lipinski definition) is 5. The fourth-order valence-corrected chi connectivity index (χ4v) is 3.04. The third-order valence-electron chi connectivity index (χ3n) is 4.20. The summed E-state index contributed by atoms with van der Waals surface area (Å²) in [7, 11) is 0. The van der Waals surface area contributed by atoms with Gasteiger partial charge < -0.3 is 22.1 Å². The van der Waals surface area contributed by atoms with Gasteiger partial charge in [-0.15, -0.1) is 0 Å². The molecule has 0 aliphatic carbocycles. The molecule has 0 saturated heterocycles. The number of rotatable bonds is 7. The third-order valence-corrected chi connectivity index (χ3v) is 4.20. The van der Waals surface area contributed by atoms with Crippen LogP contribution in [0.5, 0.6) is 0 Å². The zero-order chi connectivity index (χ0) is 19.2. The number of fused-ring (bicyclic) bond motifs is 1. The van der Waals surface area contributed by atoms with Crippen molar-refractivity contribution < 1.29 is 4.79 Å². The van der Waals surface area contributed by atoms with E-state index in [0.29, 0.717) is 30.0 Å². The average Bonchev–Trinajstić information content (AvgIpc) is 2.70. The first-order valence-electron chi connectivity index (χ1n) is 8.84. The Balaban J connectivity index is 2.34. The average molecular weight is 365 g/mol. The molecule has 3 aromatic rings. The Kier molecular flexibility index (Phi) is 5.85. The number of hydrogen-bond donors (Lipinski definition) is 4. The first-order valence-corrected chi connectivity index (χ1v) is 8.84. The first kappa shape index (κ1) is 18.6. The molecule has 0 unspecified atom stereocenters. The summed E-state index contributed by atoms with van der Waals surface area (Å²) < 4.78 is 1.56. The van der Waals surface area contributed by atoms with Gasteiger partial charge in [0.15, 0.2) is 0 Å². The third kappa shape index (κ3) is 3.69. The Labute approximate surface area is 157 Å². The van der Waals surface area contributed by atoms with Crippen LogP contribution in [0.1, 0.15) is 10.4 Å². The van der Waals surface area contributed by atoms with E-state index in [0.717, 1.165) is 5.39 Å². The second-order valence-electron chi connectivity index (χ2n) is 6.00. The summed E-state index contributed by atoms with van der Waals surface area (Å²) in [6.07, 6.45) is 0. The molecule has 1 aromatic heterocycles. The van der Waals surface area contributed by atoms with Crippen LogP contribution in [0.3, 0.4) is 0 Å². The molecule has 27 heavy (non-hydrogen) atoms. The van der Waals surface area contributed by atoms with Gasteiger partial charge in [-0.05, 0) is 18.2 Å². The van der Waals surface area contributed by atoms with Crippen molar-refractivity contribution in [1.29, 1.82) is 0 Å². The van der Waals surface area contributed by atoms with E-state index >= 15 is 0 Å². The minimum atomic E-state index is -0.458. The predicted octanol–water partition coefficient (Wildman–Crippen LogP) is 1.05. The zero-order valence-corrected chi connectivity index (χ0v) is 14.9. The number of nitrogens with one attached hydrogen (secondary N) is 2. The van der Waals surface area contributed by atoms with Gasteiger partial charge in [-0.25, -0.2) is 0 Å². The molecule has 0 aliphatic rings. The van der Waals surface area contributed by atoms with Crippen LogP contribution in [-0.4, -0.2) is 36.7 Å². The maximum Gasteiger partial charge on any atom is 0.270 e. The second-order valence-corrected chi connectivity index (χ2v) is 6.00. The molecule has 1 heterocycles. The van der Waals surface area contributed by atoms with Crippen LogP contribution in [0, 0.1) is 0 Å². The van der Waals surface area contributed by atoms with Crippen molar-refractivity contribution in [2.24, 2.45) is 11.5 Å². The molecule has 0 bridgehead atoms. The van der Waals surface area contributed by atoms with Crippen molar-refractivity contribution in [3.05, 3.63) is 70.5 Å². The lowest BCUT2D eigenvalue weighted by Crippen LogP contribution is -2.36. The van der Waals surface area contributed by atoms with Gasteiger partial charge in [-0.2, -0.15) is 0 Å². The molecule has 2 aromatic carbocycles. The SMILES string of the molecule is NCCNC(=O)c1c(NCCN)c2ccccc2n(-c2ccccc2)c1=O. The molecular formula is C20H23N5O2. The van der Waals surface area contributed by atoms with Crippen molar-refractivity contribution in [3.63, 3.8) is 0 Å². The van der Waals surface area contributed by atoms with Crippen LogP contribution in [0.2, 0.25) is 0 Å². The van der Waals surface area contributed by atoms with Gasteiger partial charge >= 0.3 is 0 Å². The van der Waals surface area contributed by atoms with E-state index in [4.69, 9.17) is 11.5 Å². The van der Waals surface area contributed by atoms with Gasteiger partial charge in [-0.3, -0.25) is 14.2 Å². The fraction of sp³-hybridized carbons (Fsp3) is 0.200. The monoisotopic (exact) mass is 365 g/mol. The van der Waals surface area contributed by atoms with E-state index < -0.39 is 11.5 Å². The van der Waals surface area contributed by atoms with Gasteiger partial charge in [0.1, 0.15) is 5.56 Å². The molecule has 0 saturated carbocycles. The summed E-state index contributed by atoms with van der Waals surface area (Å²) in [6.45, 7) is 1.39. The highest BCUT2D eigenvalue weighted by atomic mass is 16.2. The van der Waals surface area contributed by atoms with Crippen LogP contribution in [0.4, 0.5) is 5.69 Å². The summed E-state index contributed by atoms with van der Waals surface area (Å²) in [5.74, 6) is -0.458. The summed E-state index contributed by atoms with van der Waals surface area (Å²) >= 11 is 0. The van der Waals surface area contributed by atoms with Crippen molar-refractivity contribution in [1.82, 2.24) is 9.88 Å². The smallest absolute Gasteiger partial charge is 0.270 e. The van der Waals surface area contributed by atoms with Crippen LogP contribution in [0.25, 0.3) is 16.6 Å². The van der Waals surface area contributed by atoms with Gasteiger partial charge in [0.25, 0.3) is 11.5 Å². The summed E-state index contributed by atoms with van der Waals surface area (Å²) in [5, 5.41) is 6.62. The largest absolute Gasteiger partial charge is 0.382 e. The van der Waals surface area contributed by atoms with Crippen LogP contribution in [0.15, 0.2) is 59.4 Å². The van der Waals surface area contributed by atoms with Gasteiger partial charge in [0.2, 0.25) is 0 Å². The molecule has 7 nitrogen and oxygen atoms in total. The van der Waals surface area contributed by atoms with E-state index in [2.05, 4.69) is 10.6 Å². The van der Waals surface area contributed by atoms with Crippen LogP contribution < -0.4 is 27.7 Å². The fourth-order valence-electron chi connectivity index (χ4n) is 3.04. The van der Waals surface area contributed by atoms with Gasteiger partial charge in [0.05, 0.1) is 11.2 Å². The highest BCUT2D eigenvalue weighted by Crippen LogP contribution is 2.27. The van der Waals surface area contributed by atoms with Crippen molar-refractivity contribution in [2.45, 2.75) is 0 Å². The normalized spacial score (nSPS) is 10.7. The molecule has 0 radical (unpaired) electrons. The number of aromatic nitrogens is 1. The van der Waals surface area contributed by atoms with E-state index in [1.54, 1.807) is 4.57 Å². The molecule has 7 heteroatoms. The first-order chi connectivity index (χ1) is 13.2. The molecule has 0 spiro atoms. The molecule has 6 N–H and O–H groups in total. The Morgan fingerprint density at radius 1 is 0.926 bits per heavy atom. The molecule has 140 valence electrons. The summed E-state index contributed by atoms with van der Waals surface area (Å²) in [5.41, 5.74) is 12.7. The van der Waals surface area contributed by atoms with Crippen molar-refractivity contribution in [3.8, 4) is 5.69 Å². The van der Waals surface area contributed by atoms with Crippen molar-refractivity contribution in [2.75, 3.05) is 31.5 Å². The van der Waals surface area contributed by atoms with Crippen molar-refractivity contribution >= 4 is 22.5 Å². The van der Waals surface area contributed by atoms with Gasteiger partial charge in [0, 0.05) is 37.3 Å². The van der Waals surface area contributed by atoms with Crippen LogP contribution in [-0.2, 0) is 0 Å². The molecular weight excluding hydrogens is 342 g/mol. The summed E-state index contributed by atoms with van der Waals surface area (Å²) in [6, 6.07) is 16.7.